The van der Waals surface area contributed by atoms with Gasteiger partial charge in [-0.25, -0.2) is 4.98 Å². The minimum absolute atomic E-state index is 0.0566. The van der Waals surface area contributed by atoms with E-state index in [-0.39, 0.29) is 24.1 Å². The van der Waals surface area contributed by atoms with Gasteiger partial charge in [0.1, 0.15) is 11.8 Å². The summed E-state index contributed by atoms with van der Waals surface area (Å²) in [5.74, 6) is -2.23. The van der Waals surface area contributed by atoms with Crippen LogP contribution in [0.3, 0.4) is 0 Å². The molecule has 0 atom stereocenters. The number of benzene rings is 2. The number of aliphatic carboxylic acids is 1. The van der Waals surface area contributed by atoms with E-state index in [2.05, 4.69) is 4.98 Å². The van der Waals surface area contributed by atoms with Crippen molar-refractivity contribution in [1.82, 2.24) is 4.98 Å². The minimum atomic E-state index is -1.12. The quantitative estimate of drug-likeness (QED) is 0.651. The second kappa shape index (κ2) is 7.67. The summed E-state index contributed by atoms with van der Waals surface area (Å²) in [6, 6.07) is 17.0. The van der Waals surface area contributed by atoms with Crippen LogP contribution in [0.25, 0.3) is 10.8 Å². The summed E-state index contributed by atoms with van der Waals surface area (Å²) in [4.78, 5) is 27.2. The molecule has 1 heterocycles. The fourth-order valence-corrected chi connectivity index (χ4v) is 2.94. The number of nitriles is 1. The average Bonchev–Trinajstić information content (AvgIpc) is 2.67. The third-order valence-corrected chi connectivity index (χ3v) is 4.25. The van der Waals surface area contributed by atoms with Crippen molar-refractivity contribution in [2.45, 2.75) is 19.3 Å². The van der Waals surface area contributed by atoms with Gasteiger partial charge in [-0.05, 0) is 22.4 Å². The lowest BCUT2D eigenvalue weighted by atomic mass is 9.99. The van der Waals surface area contributed by atoms with Gasteiger partial charge >= 0.3 is 5.97 Å². The van der Waals surface area contributed by atoms with Crippen LogP contribution in [-0.2, 0) is 11.2 Å². The van der Waals surface area contributed by atoms with E-state index in [1.54, 1.807) is 0 Å². The van der Waals surface area contributed by atoms with Gasteiger partial charge in [0.2, 0.25) is 0 Å². The lowest BCUT2D eigenvalue weighted by Crippen LogP contribution is -2.09. The van der Waals surface area contributed by atoms with E-state index < -0.39 is 17.5 Å². The Balaban J connectivity index is 2.00. The molecule has 6 heteroatoms. The van der Waals surface area contributed by atoms with Gasteiger partial charge < -0.3 is 10.2 Å². The van der Waals surface area contributed by atoms with E-state index in [4.69, 9.17) is 5.11 Å². The Bertz CT molecular complexity index is 1080. The largest absolute Gasteiger partial charge is 0.504 e. The van der Waals surface area contributed by atoms with Gasteiger partial charge in [0.25, 0.3) is 0 Å². The number of ketones is 1. The summed E-state index contributed by atoms with van der Waals surface area (Å²) in [6.45, 7) is 0. The van der Waals surface area contributed by atoms with Crippen LogP contribution in [0.1, 0.15) is 40.2 Å². The van der Waals surface area contributed by atoms with Gasteiger partial charge in [-0.3, -0.25) is 9.59 Å². The monoisotopic (exact) mass is 360 g/mol. The number of nitrogens with zero attached hydrogens (tertiary/aromatic N) is 2. The van der Waals surface area contributed by atoms with Gasteiger partial charge in [-0.1, -0.05) is 42.5 Å². The van der Waals surface area contributed by atoms with E-state index in [1.807, 2.05) is 48.5 Å². The number of hydrogen-bond acceptors (Lipinski definition) is 5. The van der Waals surface area contributed by atoms with Crippen molar-refractivity contribution in [3.05, 3.63) is 71.0 Å². The first-order chi connectivity index (χ1) is 13.0. The third kappa shape index (κ3) is 3.93. The highest BCUT2D eigenvalue weighted by molar-refractivity contribution is 5.98. The van der Waals surface area contributed by atoms with Crippen LogP contribution in [0.15, 0.2) is 48.5 Å². The van der Waals surface area contributed by atoms with Crippen LogP contribution >= 0.6 is 0 Å². The molecule has 27 heavy (non-hydrogen) atoms. The molecule has 6 nitrogen and oxygen atoms in total. The molecule has 0 bridgehead atoms. The molecule has 0 saturated carbocycles. The summed E-state index contributed by atoms with van der Waals surface area (Å²) >= 11 is 0. The van der Waals surface area contributed by atoms with Gasteiger partial charge in [0.05, 0.1) is 12.0 Å². The lowest BCUT2D eigenvalue weighted by molar-refractivity contribution is -0.136. The molecule has 0 radical (unpaired) electrons. The Morgan fingerprint density at radius 1 is 1.07 bits per heavy atom. The van der Waals surface area contributed by atoms with Crippen LogP contribution < -0.4 is 0 Å². The molecular weight excluding hydrogens is 344 g/mol. The van der Waals surface area contributed by atoms with Crippen molar-refractivity contribution >= 4 is 22.5 Å². The topological polar surface area (TPSA) is 111 Å². The number of aromatic nitrogens is 1. The Hall–Kier alpha value is -3.72. The van der Waals surface area contributed by atoms with Crippen molar-refractivity contribution in [2.24, 2.45) is 0 Å². The van der Waals surface area contributed by atoms with Crippen LogP contribution in [0, 0.1) is 11.3 Å². The number of carbonyl (C=O) groups excluding carboxylic acids is 1. The molecular formula is C21H16N2O4. The number of pyridine rings is 1. The third-order valence-electron chi connectivity index (χ3n) is 4.25. The molecule has 0 saturated heterocycles. The Morgan fingerprint density at radius 2 is 1.81 bits per heavy atom. The highest BCUT2D eigenvalue weighted by Gasteiger charge is 2.19. The molecule has 3 aromatic rings. The Kier molecular flexibility index (Phi) is 5.13. The highest BCUT2D eigenvalue weighted by Crippen LogP contribution is 2.26. The molecule has 3 rings (SSSR count). The van der Waals surface area contributed by atoms with Gasteiger partial charge in [0, 0.05) is 18.5 Å². The van der Waals surface area contributed by atoms with Crippen LogP contribution in [0.4, 0.5) is 0 Å². The molecule has 134 valence electrons. The van der Waals surface area contributed by atoms with Crippen LogP contribution in [0.5, 0.6) is 5.75 Å². The summed E-state index contributed by atoms with van der Waals surface area (Å²) < 4.78 is 0. The zero-order chi connectivity index (χ0) is 19.4. The molecule has 1 aromatic heterocycles. The predicted octanol–water partition coefficient (Wildman–Crippen LogP) is 3.45. The molecule has 0 amide bonds. The van der Waals surface area contributed by atoms with Crippen LogP contribution in [0.2, 0.25) is 0 Å². The first kappa shape index (κ1) is 18.1. The standard InChI is InChI=1S/C21H16N2O4/c22-12-15-11-16(23-20(21(15)27)18(24)8-9-19(25)26)10-14-6-3-5-13-4-1-2-7-17(13)14/h1-7,11,27H,8-10H2,(H,25,26). The van der Waals surface area contributed by atoms with Gasteiger partial charge in [-0.15, -0.1) is 0 Å². The average molecular weight is 360 g/mol. The number of aromatic hydroxyl groups is 1. The molecule has 0 aliphatic carbocycles. The highest BCUT2D eigenvalue weighted by atomic mass is 16.4. The number of Topliss-reactive ketones (excluding diaryl/α,β-unsaturated/α-hetero) is 1. The fraction of sp³-hybridized carbons (Fsp3) is 0.143. The molecule has 2 N–H and O–H groups in total. The van der Waals surface area contributed by atoms with Crippen LogP contribution in [-0.4, -0.2) is 26.9 Å². The number of fused-ring (bicyclic) bond motifs is 1. The lowest BCUT2D eigenvalue weighted by Gasteiger charge is -2.10. The zero-order valence-corrected chi connectivity index (χ0v) is 14.3. The van der Waals surface area contributed by atoms with E-state index in [9.17, 15) is 20.0 Å². The second-order valence-corrected chi connectivity index (χ2v) is 6.10. The predicted molar refractivity (Wildman–Crippen MR) is 98.6 cm³/mol. The summed E-state index contributed by atoms with van der Waals surface area (Å²) in [7, 11) is 0. The van der Waals surface area contributed by atoms with Crippen molar-refractivity contribution < 1.29 is 19.8 Å². The summed E-state index contributed by atoms with van der Waals surface area (Å²) in [5, 5.41) is 30.2. The number of carboxylic acid groups (broad SMARTS) is 1. The molecule has 0 aliphatic heterocycles. The van der Waals surface area contributed by atoms with Crippen molar-refractivity contribution in [1.29, 1.82) is 5.26 Å². The molecule has 0 aliphatic rings. The number of hydrogen-bond donors (Lipinski definition) is 2. The van der Waals surface area contributed by atoms with E-state index in [1.165, 1.54) is 6.07 Å². The first-order valence-corrected chi connectivity index (χ1v) is 8.34. The number of carboxylic acids is 1. The van der Waals surface area contributed by atoms with E-state index in [0.717, 1.165) is 16.3 Å². The molecule has 0 spiro atoms. The summed E-state index contributed by atoms with van der Waals surface area (Å²) in [6.07, 6.45) is -0.288. The Morgan fingerprint density at radius 3 is 2.56 bits per heavy atom. The van der Waals surface area contributed by atoms with Gasteiger partial charge in [0.15, 0.2) is 11.5 Å². The molecule has 0 unspecified atom stereocenters. The smallest absolute Gasteiger partial charge is 0.303 e. The maximum atomic E-state index is 12.3. The normalized spacial score (nSPS) is 10.5. The Labute approximate surface area is 155 Å². The van der Waals surface area contributed by atoms with E-state index in [0.29, 0.717) is 12.1 Å². The van der Waals surface area contributed by atoms with E-state index >= 15 is 0 Å². The fourth-order valence-electron chi connectivity index (χ4n) is 2.94. The number of rotatable bonds is 6. The SMILES string of the molecule is N#Cc1cc(Cc2cccc3ccccc23)nc(C(=O)CCC(=O)O)c1O. The number of carbonyl (C=O) groups is 2. The zero-order valence-electron chi connectivity index (χ0n) is 14.3. The first-order valence-electron chi connectivity index (χ1n) is 8.34. The summed E-state index contributed by atoms with van der Waals surface area (Å²) in [5.41, 5.74) is 1.11. The maximum Gasteiger partial charge on any atom is 0.303 e. The van der Waals surface area contributed by atoms with Gasteiger partial charge in [-0.2, -0.15) is 5.26 Å². The second-order valence-electron chi connectivity index (χ2n) is 6.10. The maximum absolute atomic E-state index is 12.3. The minimum Gasteiger partial charge on any atom is -0.504 e. The van der Waals surface area contributed by atoms with Crippen molar-refractivity contribution in [3.8, 4) is 11.8 Å². The molecule has 0 fully saturated rings. The molecule has 2 aromatic carbocycles. The van der Waals surface area contributed by atoms with Crippen molar-refractivity contribution in [2.75, 3.05) is 0 Å². The van der Waals surface area contributed by atoms with Crippen molar-refractivity contribution in [3.63, 3.8) is 0 Å².